The van der Waals surface area contributed by atoms with Crippen LogP contribution >= 0.6 is 0 Å². The van der Waals surface area contributed by atoms with Crippen LogP contribution in [0, 0.1) is 0 Å². The highest BCUT2D eigenvalue weighted by atomic mass is 19.3. The predicted octanol–water partition coefficient (Wildman–Crippen LogP) is 2.96. The van der Waals surface area contributed by atoms with Crippen LogP contribution in [0.25, 0.3) is 0 Å². The largest absolute Gasteiger partial charge is 0.497 e. The van der Waals surface area contributed by atoms with Gasteiger partial charge in [0, 0.05) is 30.9 Å². The number of rotatable bonds is 9. The van der Waals surface area contributed by atoms with E-state index >= 15 is 0 Å². The number of methoxy groups -OCH3 is 2. The number of nitrogens with one attached hydrogen (secondary N) is 2. The average Bonchev–Trinajstić information content (AvgIpc) is 2.71. The number of aliphatic imine (C=N–C) groups is 1. The Morgan fingerprint density at radius 1 is 1.14 bits per heavy atom. The van der Waals surface area contributed by atoms with E-state index in [-0.39, 0.29) is 12.3 Å². The summed E-state index contributed by atoms with van der Waals surface area (Å²) in [6.07, 6.45) is 1.68. The maximum Gasteiger partial charge on any atom is 0.387 e. The van der Waals surface area contributed by atoms with Crippen molar-refractivity contribution in [2.24, 2.45) is 4.99 Å². The Hall–Kier alpha value is -3.10. The van der Waals surface area contributed by atoms with Gasteiger partial charge in [-0.25, -0.2) is 9.98 Å². The van der Waals surface area contributed by atoms with Crippen LogP contribution in [0.2, 0.25) is 0 Å². The molecular weight excluding hydrogens is 370 g/mol. The number of nitrogens with zero attached hydrogens (tertiary/aromatic N) is 2. The van der Waals surface area contributed by atoms with E-state index < -0.39 is 6.61 Å². The van der Waals surface area contributed by atoms with Gasteiger partial charge in [0.1, 0.15) is 11.5 Å². The first kappa shape index (κ1) is 21.2. The predicted molar refractivity (Wildman–Crippen MR) is 102 cm³/mol. The number of alkyl halides is 2. The van der Waals surface area contributed by atoms with E-state index in [1.54, 1.807) is 31.5 Å². The van der Waals surface area contributed by atoms with Gasteiger partial charge in [0.2, 0.25) is 5.88 Å². The highest BCUT2D eigenvalue weighted by Crippen LogP contribution is 2.25. The number of benzene rings is 1. The zero-order valence-electron chi connectivity index (χ0n) is 16.0. The monoisotopic (exact) mass is 394 g/mol. The van der Waals surface area contributed by atoms with Gasteiger partial charge >= 0.3 is 6.61 Å². The van der Waals surface area contributed by atoms with E-state index in [2.05, 4.69) is 25.3 Å². The third-order valence-electron chi connectivity index (χ3n) is 3.70. The average molecular weight is 394 g/mol. The summed E-state index contributed by atoms with van der Waals surface area (Å²) in [4.78, 5) is 8.62. The van der Waals surface area contributed by atoms with Gasteiger partial charge in [-0.3, -0.25) is 0 Å². The number of hydrogen-bond donors (Lipinski definition) is 2. The summed E-state index contributed by atoms with van der Waals surface area (Å²) >= 11 is 0. The third-order valence-corrected chi connectivity index (χ3v) is 3.70. The van der Waals surface area contributed by atoms with Crippen LogP contribution in [-0.4, -0.2) is 38.3 Å². The zero-order valence-corrected chi connectivity index (χ0v) is 16.0. The molecule has 2 rings (SSSR count). The molecule has 0 saturated carbocycles. The topological polar surface area (TPSA) is 77.0 Å². The van der Waals surface area contributed by atoms with Crippen LogP contribution in [0.3, 0.4) is 0 Å². The van der Waals surface area contributed by atoms with E-state index in [0.717, 1.165) is 5.56 Å². The second-order valence-electron chi connectivity index (χ2n) is 5.61. The van der Waals surface area contributed by atoms with E-state index in [9.17, 15) is 8.78 Å². The van der Waals surface area contributed by atoms with Crippen molar-refractivity contribution in [3.63, 3.8) is 0 Å². The summed E-state index contributed by atoms with van der Waals surface area (Å²) in [6.45, 7) is 0.293. The molecule has 28 heavy (non-hydrogen) atoms. The van der Waals surface area contributed by atoms with Crippen molar-refractivity contribution in [3.05, 3.63) is 47.7 Å². The molecule has 0 spiro atoms. The number of aromatic nitrogens is 1. The van der Waals surface area contributed by atoms with Crippen molar-refractivity contribution in [1.29, 1.82) is 0 Å². The summed E-state index contributed by atoms with van der Waals surface area (Å²) in [6, 6.07) is 8.29. The fourth-order valence-electron chi connectivity index (χ4n) is 2.35. The summed E-state index contributed by atoms with van der Waals surface area (Å²) in [7, 11) is 3.06. The van der Waals surface area contributed by atoms with Crippen molar-refractivity contribution >= 4 is 5.96 Å². The lowest BCUT2D eigenvalue weighted by atomic mass is 10.2. The molecule has 152 valence electrons. The Morgan fingerprint density at radius 2 is 1.96 bits per heavy atom. The molecule has 0 radical (unpaired) electrons. The van der Waals surface area contributed by atoms with Gasteiger partial charge < -0.3 is 24.8 Å². The molecule has 2 N–H and O–H groups in total. The number of halogens is 2. The molecule has 2 aromatic rings. The number of hydrogen-bond acceptors (Lipinski definition) is 5. The van der Waals surface area contributed by atoms with Crippen LogP contribution in [0.5, 0.6) is 17.4 Å². The van der Waals surface area contributed by atoms with E-state index in [4.69, 9.17) is 9.47 Å². The molecule has 0 saturated heterocycles. The summed E-state index contributed by atoms with van der Waals surface area (Å²) in [5.41, 5.74) is 1.43. The number of guanidine groups is 1. The highest BCUT2D eigenvalue weighted by Gasteiger charge is 2.11. The van der Waals surface area contributed by atoms with Crippen molar-refractivity contribution in [3.8, 4) is 17.4 Å². The Labute approximate surface area is 162 Å². The minimum atomic E-state index is -2.91. The molecule has 0 aliphatic carbocycles. The lowest BCUT2D eigenvalue weighted by molar-refractivity contribution is -0.0504. The van der Waals surface area contributed by atoms with Gasteiger partial charge in [-0.15, -0.1) is 0 Å². The van der Waals surface area contributed by atoms with Crippen LogP contribution in [-0.2, 0) is 13.1 Å². The number of pyridine rings is 1. The van der Waals surface area contributed by atoms with Gasteiger partial charge in [0.25, 0.3) is 0 Å². The quantitative estimate of drug-likeness (QED) is 0.503. The molecule has 0 aliphatic heterocycles. The van der Waals surface area contributed by atoms with E-state index in [1.165, 1.54) is 13.2 Å². The Kier molecular flexibility index (Phi) is 8.26. The van der Waals surface area contributed by atoms with Crippen LogP contribution < -0.4 is 24.8 Å². The lowest BCUT2D eigenvalue weighted by Crippen LogP contribution is -2.36. The molecular formula is C19H24F2N4O3. The van der Waals surface area contributed by atoms with Gasteiger partial charge in [-0.2, -0.15) is 8.78 Å². The summed E-state index contributed by atoms with van der Waals surface area (Å²) in [5, 5.41) is 6.22. The van der Waals surface area contributed by atoms with E-state index in [1.807, 2.05) is 13.0 Å². The standard InChI is InChI=1S/C19H24F2N4O3/c1-4-22-19(24-11-13-5-8-17(27-3)23-10-13)25-12-14-9-15(26-2)6-7-16(14)28-18(20)21/h5-10,18H,4,11-12H2,1-3H3,(H2,22,24,25). The first-order valence-electron chi connectivity index (χ1n) is 8.68. The molecule has 0 aliphatic rings. The first-order valence-corrected chi connectivity index (χ1v) is 8.68. The lowest BCUT2D eigenvalue weighted by Gasteiger charge is -2.15. The third kappa shape index (κ3) is 6.57. The Balaban J connectivity index is 2.09. The molecule has 0 atom stereocenters. The molecule has 7 nitrogen and oxygen atoms in total. The van der Waals surface area contributed by atoms with Gasteiger partial charge in [-0.1, -0.05) is 6.07 Å². The maximum atomic E-state index is 12.6. The van der Waals surface area contributed by atoms with Gasteiger partial charge in [-0.05, 0) is 30.7 Å². The highest BCUT2D eigenvalue weighted by molar-refractivity contribution is 5.79. The van der Waals surface area contributed by atoms with Crippen LogP contribution in [0.1, 0.15) is 18.1 Å². The van der Waals surface area contributed by atoms with Crippen molar-refractivity contribution in [2.75, 3.05) is 20.8 Å². The van der Waals surface area contributed by atoms with E-state index in [0.29, 0.717) is 36.2 Å². The molecule has 1 aromatic carbocycles. The smallest absolute Gasteiger partial charge is 0.387 e. The van der Waals surface area contributed by atoms with Gasteiger partial charge in [0.15, 0.2) is 5.96 Å². The minimum Gasteiger partial charge on any atom is -0.497 e. The second kappa shape index (κ2) is 10.9. The van der Waals surface area contributed by atoms with Gasteiger partial charge in [0.05, 0.1) is 20.8 Å². The normalized spacial score (nSPS) is 11.3. The molecule has 1 heterocycles. The Bertz CT molecular complexity index is 770. The first-order chi connectivity index (χ1) is 13.5. The zero-order chi connectivity index (χ0) is 20.4. The minimum absolute atomic E-state index is 0.0819. The molecule has 0 unspecified atom stereocenters. The number of ether oxygens (including phenoxy) is 3. The summed E-state index contributed by atoms with van der Waals surface area (Å²) < 4.78 is 40.1. The second-order valence-corrected chi connectivity index (χ2v) is 5.61. The maximum absolute atomic E-state index is 12.6. The SMILES string of the molecule is CCNC(=NCc1ccc(OC)nc1)NCc1cc(OC)ccc1OC(F)F. The molecule has 9 heteroatoms. The molecule has 1 aromatic heterocycles. The fourth-order valence-corrected chi connectivity index (χ4v) is 2.35. The van der Waals surface area contributed by atoms with Crippen LogP contribution in [0.4, 0.5) is 8.78 Å². The van der Waals surface area contributed by atoms with Crippen molar-refractivity contribution < 1.29 is 23.0 Å². The molecule has 0 amide bonds. The molecule has 0 fully saturated rings. The Morgan fingerprint density at radius 3 is 2.57 bits per heavy atom. The summed E-state index contributed by atoms with van der Waals surface area (Å²) in [5.74, 6) is 1.69. The molecule has 0 bridgehead atoms. The fraction of sp³-hybridized carbons (Fsp3) is 0.368. The van der Waals surface area contributed by atoms with Crippen LogP contribution in [0.15, 0.2) is 41.5 Å². The van der Waals surface area contributed by atoms with Crippen molar-refractivity contribution in [2.45, 2.75) is 26.6 Å². The van der Waals surface area contributed by atoms with Crippen molar-refractivity contribution in [1.82, 2.24) is 15.6 Å².